The van der Waals surface area contributed by atoms with E-state index in [4.69, 9.17) is 16.3 Å². The van der Waals surface area contributed by atoms with Crippen LogP contribution in [0.2, 0.25) is 5.02 Å². The summed E-state index contributed by atoms with van der Waals surface area (Å²) in [5.74, 6) is -0.132. The third-order valence-corrected chi connectivity index (χ3v) is 3.71. The molecule has 0 amide bonds. The largest absolute Gasteiger partial charge is 0.478 e. The molecule has 0 aliphatic rings. The SMILES string of the molecule is Cc1cc(Cl)cc(C)c1Oc1cccc(Br)c1C(=O)O. The number of hydrogen-bond acceptors (Lipinski definition) is 2. The van der Waals surface area contributed by atoms with Crippen LogP contribution in [0.3, 0.4) is 0 Å². The van der Waals surface area contributed by atoms with Gasteiger partial charge in [-0.05, 0) is 65.2 Å². The van der Waals surface area contributed by atoms with E-state index in [0.717, 1.165) is 11.1 Å². The molecule has 5 heteroatoms. The molecule has 0 heterocycles. The minimum atomic E-state index is -1.04. The maximum atomic E-state index is 11.3. The number of ether oxygens (including phenoxy) is 1. The Balaban J connectivity index is 2.51. The molecule has 2 aromatic rings. The summed E-state index contributed by atoms with van der Waals surface area (Å²) in [7, 11) is 0. The van der Waals surface area contributed by atoms with Crippen molar-refractivity contribution in [1.82, 2.24) is 0 Å². The van der Waals surface area contributed by atoms with E-state index in [0.29, 0.717) is 21.0 Å². The topological polar surface area (TPSA) is 46.5 Å². The van der Waals surface area contributed by atoms with Gasteiger partial charge >= 0.3 is 5.97 Å². The van der Waals surface area contributed by atoms with Gasteiger partial charge in [-0.15, -0.1) is 0 Å². The van der Waals surface area contributed by atoms with Gasteiger partial charge in [-0.25, -0.2) is 4.79 Å². The predicted molar refractivity (Wildman–Crippen MR) is 82.1 cm³/mol. The van der Waals surface area contributed by atoms with Crippen molar-refractivity contribution in [2.75, 3.05) is 0 Å². The number of carbonyl (C=O) groups is 1. The molecule has 3 nitrogen and oxygen atoms in total. The summed E-state index contributed by atoms with van der Waals surface area (Å²) in [6, 6.07) is 8.58. The highest BCUT2D eigenvalue weighted by Crippen LogP contribution is 2.35. The van der Waals surface area contributed by atoms with Gasteiger partial charge in [0.25, 0.3) is 0 Å². The third kappa shape index (κ3) is 2.97. The van der Waals surface area contributed by atoms with E-state index >= 15 is 0 Å². The summed E-state index contributed by atoms with van der Waals surface area (Å²) in [6.45, 7) is 3.74. The van der Waals surface area contributed by atoms with E-state index in [2.05, 4.69) is 15.9 Å². The van der Waals surface area contributed by atoms with Crippen LogP contribution in [0.1, 0.15) is 21.5 Å². The van der Waals surface area contributed by atoms with Crippen molar-refractivity contribution >= 4 is 33.5 Å². The Labute approximate surface area is 130 Å². The monoisotopic (exact) mass is 354 g/mol. The number of aromatic carboxylic acids is 1. The summed E-state index contributed by atoms with van der Waals surface area (Å²) >= 11 is 9.20. The van der Waals surface area contributed by atoms with Gasteiger partial charge in [-0.1, -0.05) is 17.7 Å². The van der Waals surface area contributed by atoms with Gasteiger partial charge in [0.1, 0.15) is 17.1 Å². The van der Waals surface area contributed by atoms with E-state index in [1.165, 1.54) is 0 Å². The molecular weight excluding hydrogens is 344 g/mol. The van der Waals surface area contributed by atoms with Crippen molar-refractivity contribution in [2.24, 2.45) is 0 Å². The van der Waals surface area contributed by atoms with E-state index in [1.54, 1.807) is 30.3 Å². The second kappa shape index (κ2) is 5.85. The molecular formula is C15H12BrClO3. The molecule has 104 valence electrons. The fourth-order valence-electron chi connectivity index (χ4n) is 1.97. The zero-order valence-corrected chi connectivity index (χ0v) is 13.2. The number of aryl methyl sites for hydroxylation is 2. The fourth-order valence-corrected chi connectivity index (χ4v) is 2.81. The average molecular weight is 356 g/mol. The number of carboxylic acids is 1. The second-order valence-corrected chi connectivity index (χ2v) is 5.68. The van der Waals surface area contributed by atoms with Crippen LogP contribution in [0.15, 0.2) is 34.8 Å². The van der Waals surface area contributed by atoms with Gasteiger partial charge in [0.15, 0.2) is 0 Å². The highest BCUT2D eigenvalue weighted by Gasteiger charge is 2.17. The Morgan fingerprint density at radius 3 is 2.40 bits per heavy atom. The maximum Gasteiger partial charge on any atom is 0.340 e. The number of hydrogen-bond donors (Lipinski definition) is 1. The summed E-state index contributed by atoms with van der Waals surface area (Å²) in [5, 5.41) is 9.90. The minimum absolute atomic E-state index is 0.0984. The maximum absolute atomic E-state index is 11.3. The third-order valence-electron chi connectivity index (χ3n) is 2.83. The van der Waals surface area contributed by atoms with Crippen LogP contribution >= 0.6 is 27.5 Å². The first-order chi connectivity index (χ1) is 9.40. The van der Waals surface area contributed by atoms with Crippen molar-refractivity contribution in [3.05, 3.63) is 56.5 Å². The lowest BCUT2D eigenvalue weighted by molar-refractivity contribution is 0.0693. The molecule has 0 aromatic heterocycles. The normalized spacial score (nSPS) is 10.4. The number of halogens is 2. The van der Waals surface area contributed by atoms with Crippen molar-refractivity contribution in [3.63, 3.8) is 0 Å². The zero-order chi connectivity index (χ0) is 14.9. The minimum Gasteiger partial charge on any atom is -0.478 e. The van der Waals surface area contributed by atoms with Crippen LogP contribution in [0.5, 0.6) is 11.5 Å². The molecule has 1 N–H and O–H groups in total. The molecule has 0 bridgehead atoms. The van der Waals surface area contributed by atoms with Crippen molar-refractivity contribution < 1.29 is 14.6 Å². The molecule has 0 aliphatic carbocycles. The van der Waals surface area contributed by atoms with Crippen molar-refractivity contribution in [1.29, 1.82) is 0 Å². The standard InChI is InChI=1S/C15H12BrClO3/c1-8-6-10(17)7-9(2)14(8)20-12-5-3-4-11(16)13(12)15(18)19/h3-7H,1-2H3,(H,18,19). The lowest BCUT2D eigenvalue weighted by atomic mass is 10.1. The molecule has 0 radical (unpaired) electrons. The average Bonchev–Trinajstić information content (AvgIpc) is 2.33. The summed E-state index contributed by atoms with van der Waals surface area (Å²) < 4.78 is 6.28. The highest BCUT2D eigenvalue weighted by molar-refractivity contribution is 9.10. The summed E-state index contributed by atoms with van der Waals surface area (Å²) in [5.41, 5.74) is 1.80. The van der Waals surface area contributed by atoms with Crippen LogP contribution in [0.4, 0.5) is 0 Å². The van der Waals surface area contributed by atoms with Gasteiger partial charge in [-0.2, -0.15) is 0 Å². The molecule has 0 saturated carbocycles. The molecule has 0 unspecified atom stereocenters. The first kappa shape index (κ1) is 14.9. The second-order valence-electron chi connectivity index (χ2n) is 4.39. The molecule has 0 fully saturated rings. The Bertz CT molecular complexity index is 660. The van der Waals surface area contributed by atoms with Crippen LogP contribution in [0, 0.1) is 13.8 Å². The molecule has 2 aromatic carbocycles. The Morgan fingerprint density at radius 1 is 1.25 bits per heavy atom. The van der Waals surface area contributed by atoms with E-state index in [-0.39, 0.29) is 5.56 Å². The molecule has 2 rings (SSSR count). The van der Waals surface area contributed by atoms with Crippen molar-refractivity contribution in [2.45, 2.75) is 13.8 Å². The fraction of sp³-hybridized carbons (Fsp3) is 0.133. The molecule has 0 spiro atoms. The quantitative estimate of drug-likeness (QED) is 0.822. The predicted octanol–water partition coefficient (Wildman–Crippen LogP) is 5.21. The lowest BCUT2D eigenvalue weighted by Gasteiger charge is -2.14. The highest BCUT2D eigenvalue weighted by atomic mass is 79.9. The summed E-state index contributed by atoms with van der Waals surface area (Å²) in [6.07, 6.45) is 0. The number of benzene rings is 2. The molecule has 0 atom stereocenters. The molecule has 20 heavy (non-hydrogen) atoms. The smallest absolute Gasteiger partial charge is 0.340 e. The molecule has 0 aliphatic heterocycles. The number of rotatable bonds is 3. The number of carboxylic acid groups (broad SMARTS) is 1. The van der Waals surface area contributed by atoms with Gasteiger partial charge in [0.05, 0.1) is 0 Å². The van der Waals surface area contributed by atoms with Crippen LogP contribution in [-0.2, 0) is 0 Å². The first-order valence-electron chi connectivity index (χ1n) is 5.86. The van der Waals surface area contributed by atoms with Crippen LogP contribution in [-0.4, -0.2) is 11.1 Å². The summed E-state index contributed by atoms with van der Waals surface area (Å²) in [4.78, 5) is 11.3. The Morgan fingerprint density at radius 2 is 1.85 bits per heavy atom. The van der Waals surface area contributed by atoms with Gasteiger partial charge < -0.3 is 9.84 Å². The van der Waals surface area contributed by atoms with Crippen molar-refractivity contribution in [3.8, 4) is 11.5 Å². The molecule has 0 saturated heterocycles. The zero-order valence-electron chi connectivity index (χ0n) is 10.9. The van der Waals surface area contributed by atoms with E-state index in [1.807, 2.05) is 13.8 Å². The first-order valence-corrected chi connectivity index (χ1v) is 7.03. The Kier molecular flexibility index (Phi) is 4.35. The Hall–Kier alpha value is -1.52. The van der Waals surface area contributed by atoms with E-state index < -0.39 is 5.97 Å². The van der Waals surface area contributed by atoms with Crippen LogP contribution < -0.4 is 4.74 Å². The van der Waals surface area contributed by atoms with E-state index in [9.17, 15) is 9.90 Å². The van der Waals surface area contributed by atoms with Gasteiger partial charge in [0.2, 0.25) is 0 Å². The lowest BCUT2D eigenvalue weighted by Crippen LogP contribution is -2.02. The van der Waals surface area contributed by atoms with Gasteiger partial charge in [-0.3, -0.25) is 0 Å². The van der Waals surface area contributed by atoms with Gasteiger partial charge in [0, 0.05) is 9.50 Å². The van der Waals surface area contributed by atoms with Crippen LogP contribution in [0.25, 0.3) is 0 Å².